The number of hydrogen-bond acceptors (Lipinski definition) is 3. The summed E-state index contributed by atoms with van der Waals surface area (Å²) in [5, 5.41) is 16.3. The highest BCUT2D eigenvalue weighted by Crippen LogP contribution is 2.36. The Kier molecular flexibility index (Phi) is 11.5. The maximum Gasteiger partial charge on any atom is 0.307 e. The molecule has 0 spiro atoms. The fourth-order valence-electron chi connectivity index (χ4n) is 5.99. The molecule has 3 N–H and O–H groups in total. The van der Waals surface area contributed by atoms with Gasteiger partial charge in [-0.25, -0.2) is 0 Å². The fourth-order valence-corrected chi connectivity index (χ4v) is 5.99. The molecule has 0 saturated carbocycles. The second kappa shape index (κ2) is 14.7. The van der Waals surface area contributed by atoms with Gasteiger partial charge in [-0.05, 0) is 71.8 Å². The fraction of sp³-hybridized carbons (Fsp3) is 0.447. The van der Waals surface area contributed by atoms with Gasteiger partial charge < -0.3 is 15.7 Å². The number of aryl methyl sites for hydroxylation is 2. The van der Waals surface area contributed by atoms with Gasteiger partial charge in [0.05, 0.1) is 17.9 Å². The Morgan fingerprint density at radius 1 is 0.773 bits per heavy atom. The Balaban J connectivity index is 1.80. The summed E-state index contributed by atoms with van der Waals surface area (Å²) >= 11 is 0. The molecule has 6 nitrogen and oxygen atoms in total. The highest BCUT2D eigenvalue weighted by atomic mass is 16.4. The zero-order valence-electron chi connectivity index (χ0n) is 27.6. The van der Waals surface area contributed by atoms with Gasteiger partial charge in [0.2, 0.25) is 11.8 Å². The largest absolute Gasteiger partial charge is 0.481 e. The first-order valence-corrected chi connectivity index (χ1v) is 15.6. The number of carboxylic acids is 1. The van der Waals surface area contributed by atoms with Crippen molar-refractivity contribution in [1.29, 1.82) is 0 Å². The second-order valence-electron chi connectivity index (χ2n) is 14.1. The van der Waals surface area contributed by atoms with Crippen LogP contribution in [0.5, 0.6) is 0 Å². The van der Waals surface area contributed by atoms with E-state index in [4.69, 9.17) is 0 Å². The molecule has 1 unspecified atom stereocenters. The SMILES string of the molecule is Cc1cc(CCC[C@@H](C(=O)N[C@H](C(=O)N[C@H](C)c2ccccc2)C(C)(C)C)C(C(=O)O)C(C)(C)C)ccc1-c1ccccc1. The molecule has 4 atom stereocenters. The van der Waals surface area contributed by atoms with Crippen molar-refractivity contribution >= 4 is 17.8 Å². The average Bonchev–Trinajstić information content (AvgIpc) is 2.94. The van der Waals surface area contributed by atoms with Crippen LogP contribution in [0.15, 0.2) is 78.9 Å². The summed E-state index contributed by atoms with van der Waals surface area (Å²) in [4.78, 5) is 40.1. The quantitative estimate of drug-likeness (QED) is 0.199. The van der Waals surface area contributed by atoms with Crippen LogP contribution in [-0.2, 0) is 20.8 Å². The van der Waals surface area contributed by atoms with Crippen molar-refractivity contribution in [2.75, 3.05) is 0 Å². The standard InChI is InChI=1S/C38H50N2O4/c1-25-24-27(22-23-30(25)29-19-13-10-14-20-29)16-15-21-31(32(36(43)44)37(3,4)5)34(41)40-33(38(6,7)8)35(42)39-26(2)28-17-11-9-12-18-28/h9-14,17-20,22-24,26,31-33H,15-16,21H2,1-8H3,(H,39,42)(H,40,41)(H,43,44)/t26-,31-,32?,33-/m1/s1. The monoisotopic (exact) mass is 598 g/mol. The molecule has 0 bridgehead atoms. The van der Waals surface area contributed by atoms with Crippen LogP contribution < -0.4 is 10.6 Å². The molecular weight excluding hydrogens is 548 g/mol. The number of carboxylic acid groups (broad SMARTS) is 1. The molecule has 3 aromatic carbocycles. The van der Waals surface area contributed by atoms with Gasteiger partial charge in [0, 0.05) is 0 Å². The molecule has 44 heavy (non-hydrogen) atoms. The lowest BCUT2D eigenvalue weighted by atomic mass is 9.70. The maximum absolute atomic E-state index is 14.0. The minimum atomic E-state index is -1.00. The van der Waals surface area contributed by atoms with E-state index in [9.17, 15) is 19.5 Å². The lowest BCUT2D eigenvalue weighted by Gasteiger charge is -2.36. The van der Waals surface area contributed by atoms with Crippen LogP contribution in [0.25, 0.3) is 11.1 Å². The summed E-state index contributed by atoms with van der Waals surface area (Å²) < 4.78 is 0. The van der Waals surface area contributed by atoms with Crippen molar-refractivity contribution in [2.24, 2.45) is 22.7 Å². The van der Waals surface area contributed by atoms with Crippen molar-refractivity contribution in [3.8, 4) is 11.1 Å². The predicted molar refractivity (Wildman–Crippen MR) is 178 cm³/mol. The van der Waals surface area contributed by atoms with Crippen molar-refractivity contribution < 1.29 is 19.5 Å². The maximum atomic E-state index is 14.0. The molecule has 0 fully saturated rings. The molecule has 0 aliphatic rings. The number of nitrogens with one attached hydrogen (secondary N) is 2. The van der Waals surface area contributed by atoms with Gasteiger partial charge in [0.15, 0.2) is 0 Å². The molecule has 0 heterocycles. The highest BCUT2D eigenvalue weighted by Gasteiger charge is 2.43. The van der Waals surface area contributed by atoms with E-state index >= 15 is 0 Å². The topological polar surface area (TPSA) is 95.5 Å². The molecule has 6 heteroatoms. The molecule has 3 aromatic rings. The van der Waals surface area contributed by atoms with Crippen molar-refractivity contribution in [2.45, 2.75) is 86.7 Å². The summed E-state index contributed by atoms with van der Waals surface area (Å²) in [5.41, 5.74) is 4.36. The van der Waals surface area contributed by atoms with E-state index in [1.165, 1.54) is 16.7 Å². The Morgan fingerprint density at radius 3 is 1.89 bits per heavy atom. The van der Waals surface area contributed by atoms with Gasteiger partial charge >= 0.3 is 5.97 Å². The van der Waals surface area contributed by atoms with Crippen LogP contribution >= 0.6 is 0 Å². The lowest BCUT2D eigenvalue weighted by Crippen LogP contribution is -2.56. The van der Waals surface area contributed by atoms with Crippen LogP contribution in [0.3, 0.4) is 0 Å². The molecule has 3 rings (SSSR count). The lowest BCUT2D eigenvalue weighted by molar-refractivity contribution is -0.153. The van der Waals surface area contributed by atoms with E-state index in [0.29, 0.717) is 19.3 Å². The summed E-state index contributed by atoms with van der Waals surface area (Å²) in [7, 11) is 0. The van der Waals surface area contributed by atoms with Crippen LogP contribution in [0.1, 0.15) is 84.0 Å². The molecule has 0 aliphatic heterocycles. The molecular formula is C38H50N2O4. The van der Waals surface area contributed by atoms with Crippen LogP contribution in [-0.4, -0.2) is 28.9 Å². The van der Waals surface area contributed by atoms with E-state index in [2.05, 4.69) is 47.9 Å². The van der Waals surface area contributed by atoms with Crippen LogP contribution in [0.4, 0.5) is 0 Å². The molecule has 0 aliphatic carbocycles. The van der Waals surface area contributed by atoms with Crippen LogP contribution in [0.2, 0.25) is 0 Å². The van der Waals surface area contributed by atoms with Crippen molar-refractivity contribution in [1.82, 2.24) is 10.6 Å². The van der Waals surface area contributed by atoms with Crippen LogP contribution in [0, 0.1) is 29.6 Å². The zero-order chi connectivity index (χ0) is 32.7. The van der Waals surface area contributed by atoms with Gasteiger partial charge in [-0.1, -0.05) is 120 Å². The summed E-state index contributed by atoms with van der Waals surface area (Å²) in [6.07, 6.45) is 1.74. The first-order chi connectivity index (χ1) is 20.6. The third-order valence-corrected chi connectivity index (χ3v) is 8.37. The minimum absolute atomic E-state index is 0.251. The Labute approximate surface area is 263 Å². The van der Waals surface area contributed by atoms with E-state index in [1.54, 1.807) is 0 Å². The number of benzene rings is 3. The molecule has 2 amide bonds. The Bertz CT molecular complexity index is 1400. The van der Waals surface area contributed by atoms with E-state index in [0.717, 1.165) is 11.1 Å². The third-order valence-electron chi connectivity index (χ3n) is 8.37. The number of carbonyl (C=O) groups is 3. The zero-order valence-corrected chi connectivity index (χ0v) is 27.6. The summed E-state index contributed by atoms with van der Waals surface area (Å²) in [6, 6.07) is 25.2. The summed E-state index contributed by atoms with van der Waals surface area (Å²) in [6.45, 7) is 15.3. The first kappa shape index (κ1) is 34.6. The number of rotatable bonds is 12. The first-order valence-electron chi connectivity index (χ1n) is 15.6. The second-order valence-corrected chi connectivity index (χ2v) is 14.1. The van der Waals surface area contributed by atoms with Gasteiger partial charge in [0.1, 0.15) is 6.04 Å². The van der Waals surface area contributed by atoms with Crippen molar-refractivity contribution in [3.05, 3.63) is 95.6 Å². The third kappa shape index (κ3) is 9.28. The number of aliphatic carboxylic acids is 1. The number of carbonyl (C=O) groups excluding carboxylic acids is 2. The normalized spacial score (nSPS) is 14.6. The van der Waals surface area contributed by atoms with Gasteiger partial charge in [-0.15, -0.1) is 0 Å². The average molecular weight is 599 g/mol. The predicted octanol–water partition coefficient (Wildman–Crippen LogP) is 7.76. The smallest absolute Gasteiger partial charge is 0.307 e. The van der Waals surface area contributed by atoms with E-state index in [1.807, 2.05) is 97.0 Å². The minimum Gasteiger partial charge on any atom is -0.481 e. The molecule has 0 radical (unpaired) electrons. The number of amides is 2. The van der Waals surface area contributed by atoms with E-state index in [-0.39, 0.29) is 11.9 Å². The highest BCUT2D eigenvalue weighted by molar-refractivity contribution is 5.91. The summed E-state index contributed by atoms with van der Waals surface area (Å²) in [5.74, 6) is -3.42. The van der Waals surface area contributed by atoms with Gasteiger partial charge in [-0.3, -0.25) is 14.4 Å². The van der Waals surface area contributed by atoms with E-state index < -0.39 is 40.6 Å². The molecule has 0 aromatic heterocycles. The molecule has 236 valence electrons. The number of hydrogen-bond donors (Lipinski definition) is 3. The van der Waals surface area contributed by atoms with Gasteiger partial charge in [0.25, 0.3) is 0 Å². The Morgan fingerprint density at radius 2 is 1.36 bits per heavy atom. The molecule has 0 saturated heterocycles. The van der Waals surface area contributed by atoms with Gasteiger partial charge in [-0.2, -0.15) is 0 Å². The van der Waals surface area contributed by atoms with Crippen molar-refractivity contribution in [3.63, 3.8) is 0 Å². The Hall–Kier alpha value is -3.93.